The van der Waals surface area contributed by atoms with Gasteiger partial charge in [0.15, 0.2) is 0 Å². The lowest BCUT2D eigenvalue weighted by Crippen LogP contribution is -2.39. The van der Waals surface area contributed by atoms with Crippen LogP contribution in [0.2, 0.25) is 10.0 Å². The Hall–Kier alpha value is -2.74. The largest absolute Gasteiger partial charge is 0.322 e. The molecule has 3 aromatic carbocycles. The minimum atomic E-state index is -0.591. The number of rotatable bonds is 4. The smallest absolute Gasteiger partial charge is 0.249 e. The van der Waals surface area contributed by atoms with E-state index in [9.17, 15) is 14.0 Å². The Morgan fingerprint density at radius 1 is 1.09 bits per heavy atom. The van der Waals surface area contributed by atoms with Gasteiger partial charge in [-0.1, -0.05) is 57.3 Å². The first-order valence-corrected chi connectivity index (χ1v) is 11.0. The predicted molar refractivity (Wildman–Crippen MR) is 128 cm³/mol. The first kappa shape index (κ1) is 22.5. The molecule has 0 saturated carbocycles. The number of hydrogen-bond acceptors (Lipinski definition) is 3. The van der Waals surface area contributed by atoms with Gasteiger partial charge in [0, 0.05) is 25.6 Å². The number of benzene rings is 3. The maximum Gasteiger partial charge on any atom is 0.249 e. The van der Waals surface area contributed by atoms with Crippen LogP contribution in [0.5, 0.6) is 0 Å². The molecule has 1 aliphatic rings. The lowest BCUT2D eigenvalue weighted by molar-refractivity contribution is -0.120. The van der Waals surface area contributed by atoms with Crippen molar-refractivity contribution < 1.29 is 14.0 Å². The molecule has 9 heteroatoms. The molecule has 3 aromatic rings. The number of nitrogens with one attached hydrogen (secondary N) is 1. The van der Waals surface area contributed by atoms with Crippen molar-refractivity contribution in [3.8, 4) is 0 Å². The second-order valence-electron chi connectivity index (χ2n) is 6.96. The molecule has 162 valence electrons. The first-order chi connectivity index (χ1) is 15.3. The van der Waals surface area contributed by atoms with Crippen molar-refractivity contribution in [1.82, 2.24) is 0 Å². The van der Waals surface area contributed by atoms with E-state index in [0.29, 0.717) is 37.0 Å². The lowest BCUT2D eigenvalue weighted by Gasteiger charge is -2.23. The first-order valence-electron chi connectivity index (χ1n) is 9.48. The Labute approximate surface area is 202 Å². The van der Waals surface area contributed by atoms with Gasteiger partial charge in [-0.05, 0) is 42.5 Å². The van der Waals surface area contributed by atoms with Crippen LogP contribution in [-0.2, 0) is 9.59 Å². The lowest BCUT2D eigenvalue weighted by atomic mass is 10.00. The van der Waals surface area contributed by atoms with Crippen molar-refractivity contribution in [1.29, 1.82) is 0 Å². The summed E-state index contributed by atoms with van der Waals surface area (Å²) in [4.78, 5) is 31.4. The van der Waals surface area contributed by atoms with E-state index >= 15 is 0 Å². The second kappa shape index (κ2) is 9.40. The van der Waals surface area contributed by atoms with Gasteiger partial charge in [0.05, 0.1) is 17.1 Å². The highest BCUT2D eigenvalue weighted by Gasteiger charge is 2.28. The summed E-state index contributed by atoms with van der Waals surface area (Å²) in [5.41, 5.74) is 2.20. The summed E-state index contributed by atoms with van der Waals surface area (Å²) in [5.74, 6) is -1.53. The summed E-state index contributed by atoms with van der Waals surface area (Å²) in [6.07, 6.45) is 0. The molecule has 0 fully saturated rings. The molecule has 0 spiro atoms. The summed E-state index contributed by atoms with van der Waals surface area (Å²) in [7, 11) is 0. The maximum atomic E-state index is 14.1. The highest BCUT2D eigenvalue weighted by atomic mass is 79.9. The molecule has 0 bridgehead atoms. The van der Waals surface area contributed by atoms with Crippen LogP contribution in [-0.4, -0.2) is 30.6 Å². The van der Waals surface area contributed by atoms with Crippen molar-refractivity contribution in [3.63, 3.8) is 0 Å². The molecule has 1 aliphatic heterocycles. The molecule has 0 atom stereocenters. The van der Waals surface area contributed by atoms with Crippen molar-refractivity contribution >= 4 is 68.0 Å². The van der Waals surface area contributed by atoms with Gasteiger partial charge in [0.2, 0.25) is 11.8 Å². The van der Waals surface area contributed by atoms with Gasteiger partial charge in [-0.15, -0.1) is 0 Å². The normalized spacial score (nSPS) is 13.3. The van der Waals surface area contributed by atoms with Gasteiger partial charge in [0.1, 0.15) is 18.9 Å². The van der Waals surface area contributed by atoms with E-state index in [4.69, 9.17) is 23.2 Å². The number of anilines is 2. The minimum Gasteiger partial charge on any atom is -0.322 e. The topological polar surface area (TPSA) is 61.8 Å². The van der Waals surface area contributed by atoms with Gasteiger partial charge < -0.3 is 10.2 Å². The SMILES string of the molecule is O=C(CN1C(=O)CN=C(c2ccccc2Cl)c2cc(Cl)ccc21)Nc1ccc(Br)cc1F. The van der Waals surface area contributed by atoms with Crippen LogP contribution >= 0.6 is 39.1 Å². The minimum absolute atomic E-state index is 0.0183. The zero-order chi connectivity index (χ0) is 22.8. The summed E-state index contributed by atoms with van der Waals surface area (Å²) < 4.78 is 14.7. The molecule has 4 rings (SSSR count). The average molecular weight is 535 g/mol. The molecule has 0 radical (unpaired) electrons. The number of halogens is 4. The number of carbonyl (C=O) groups excluding carboxylic acids is 2. The van der Waals surface area contributed by atoms with Gasteiger partial charge in [0.25, 0.3) is 0 Å². The summed E-state index contributed by atoms with van der Waals surface area (Å²) >= 11 is 15.8. The molecular formula is C23H15BrCl2FN3O2. The molecule has 0 unspecified atom stereocenters. The van der Waals surface area contributed by atoms with Crippen LogP contribution < -0.4 is 10.2 Å². The third kappa shape index (κ3) is 4.70. The number of carbonyl (C=O) groups is 2. The fourth-order valence-corrected chi connectivity index (χ4v) is 4.10. The molecule has 32 heavy (non-hydrogen) atoms. The number of amides is 2. The molecule has 0 aliphatic carbocycles. The number of aliphatic imine (C=N–C) groups is 1. The summed E-state index contributed by atoms with van der Waals surface area (Å²) in [6, 6.07) is 16.4. The van der Waals surface area contributed by atoms with Crippen LogP contribution in [0.15, 0.2) is 70.1 Å². The van der Waals surface area contributed by atoms with Crippen LogP contribution in [0, 0.1) is 5.82 Å². The Balaban J connectivity index is 1.69. The molecule has 0 saturated heterocycles. The molecule has 1 N–H and O–H groups in total. The molecule has 1 heterocycles. The fraction of sp³-hybridized carbons (Fsp3) is 0.0870. The number of nitrogens with zero attached hydrogens (tertiary/aromatic N) is 2. The van der Waals surface area contributed by atoms with Crippen molar-refractivity contribution in [2.45, 2.75) is 0 Å². The fourth-order valence-electron chi connectivity index (χ4n) is 3.37. The van der Waals surface area contributed by atoms with E-state index in [1.54, 1.807) is 42.5 Å². The predicted octanol–water partition coefficient (Wildman–Crippen LogP) is 5.72. The number of benzodiazepines with no additional fused rings is 1. The van der Waals surface area contributed by atoms with Gasteiger partial charge >= 0.3 is 0 Å². The van der Waals surface area contributed by atoms with E-state index in [1.165, 1.54) is 17.0 Å². The Morgan fingerprint density at radius 3 is 2.62 bits per heavy atom. The van der Waals surface area contributed by atoms with E-state index in [-0.39, 0.29) is 24.7 Å². The second-order valence-corrected chi connectivity index (χ2v) is 8.72. The zero-order valence-corrected chi connectivity index (χ0v) is 19.5. The zero-order valence-electron chi connectivity index (χ0n) is 16.4. The van der Waals surface area contributed by atoms with Gasteiger partial charge in [-0.2, -0.15) is 0 Å². The highest BCUT2D eigenvalue weighted by Crippen LogP contribution is 2.31. The van der Waals surface area contributed by atoms with Gasteiger partial charge in [-0.25, -0.2) is 4.39 Å². The standard InChI is InChI=1S/C23H15BrCl2FN3O2/c24-13-5-7-19(18(27)9-13)29-21(31)12-30-20-8-6-14(25)10-16(20)23(28-11-22(30)32)15-3-1-2-4-17(15)26/h1-10H,11-12H2,(H,29,31). The van der Waals surface area contributed by atoms with E-state index in [1.807, 2.05) is 6.07 Å². The van der Waals surface area contributed by atoms with Crippen molar-refractivity contribution in [2.24, 2.45) is 4.99 Å². The summed E-state index contributed by atoms with van der Waals surface area (Å²) in [6.45, 7) is -0.513. The number of hydrogen-bond donors (Lipinski definition) is 1. The Kier molecular flexibility index (Phi) is 6.60. The van der Waals surface area contributed by atoms with Crippen LogP contribution in [0.25, 0.3) is 0 Å². The van der Waals surface area contributed by atoms with Crippen LogP contribution in [0.3, 0.4) is 0 Å². The van der Waals surface area contributed by atoms with E-state index in [2.05, 4.69) is 26.2 Å². The third-order valence-corrected chi connectivity index (χ3v) is 5.87. The molecule has 0 aromatic heterocycles. The van der Waals surface area contributed by atoms with Crippen molar-refractivity contribution in [2.75, 3.05) is 23.3 Å². The third-order valence-electron chi connectivity index (χ3n) is 4.81. The van der Waals surface area contributed by atoms with Crippen molar-refractivity contribution in [3.05, 3.63) is 92.1 Å². The molecular weight excluding hydrogens is 520 g/mol. The van der Waals surface area contributed by atoms with E-state index < -0.39 is 11.7 Å². The van der Waals surface area contributed by atoms with Gasteiger partial charge in [-0.3, -0.25) is 14.6 Å². The quantitative estimate of drug-likeness (QED) is 0.465. The average Bonchev–Trinajstić information content (AvgIpc) is 2.87. The summed E-state index contributed by atoms with van der Waals surface area (Å²) in [5, 5.41) is 3.42. The van der Waals surface area contributed by atoms with Crippen LogP contribution in [0.1, 0.15) is 11.1 Å². The molecule has 5 nitrogen and oxygen atoms in total. The Bertz CT molecular complexity index is 1270. The monoisotopic (exact) mass is 533 g/mol. The molecule has 2 amide bonds. The number of fused-ring (bicyclic) bond motifs is 1. The highest BCUT2D eigenvalue weighted by molar-refractivity contribution is 9.10. The van der Waals surface area contributed by atoms with Crippen LogP contribution in [0.4, 0.5) is 15.8 Å². The Morgan fingerprint density at radius 2 is 1.88 bits per heavy atom. The maximum absolute atomic E-state index is 14.1. The van der Waals surface area contributed by atoms with E-state index in [0.717, 1.165) is 0 Å².